The van der Waals surface area contributed by atoms with Crippen LogP contribution < -0.4 is 15.8 Å². The average Bonchev–Trinajstić information content (AvgIpc) is 3.18. The number of ether oxygens (including phenoxy) is 1. The molecule has 0 amide bonds. The molecule has 8 heteroatoms. The molecule has 0 radical (unpaired) electrons. The van der Waals surface area contributed by atoms with Crippen molar-refractivity contribution in [1.29, 1.82) is 0 Å². The molecule has 0 bridgehead atoms. The lowest BCUT2D eigenvalue weighted by atomic mass is 10.0. The second-order valence-electron chi connectivity index (χ2n) is 11.2. The SMILES string of the molecule is C=CCSN[C@H](CCC(C)=O)c1ccccc1.CC/C=C(\C)Cl.CCOC1=CCC(CNC(C)(C)C)=CC=C1[C@@H](C)N.CCl. The number of carbonyl (C=O) groups is 1. The number of benzene rings is 1. The predicted octanol–water partition coefficient (Wildman–Crippen LogP) is 9.81. The van der Waals surface area contributed by atoms with Crippen molar-refractivity contribution in [2.24, 2.45) is 5.73 Å². The molecule has 44 heavy (non-hydrogen) atoms. The van der Waals surface area contributed by atoms with E-state index in [9.17, 15) is 4.79 Å². The van der Waals surface area contributed by atoms with Gasteiger partial charge in [0.1, 0.15) is 11.5 Å². The highest BCUT2D eigenvalue weighted by molar-refractivity contribution is 7.97. The zero-order valence-electron chi connectivity index (χ0n) is 28.6. The summed E-state index contributed by atoms with van der Waals surface area (Å²) < 4.78 is 9.08. The lowest BCUT2D eigenvalue weighted by Crippen LogP contribution is -2.37. The minimum Gasteiger partial charge on any atom is -0.494 e. The molecular formula is C36H59Cl2N3O2S. The van der Waals surface area contributed by atoms with E-state index in [1.807, 2.05) is 51.1 Å². The van der Waals surface area contributed by atoms with Crippen LogP contribution in [-0.4, -0.2) is 42.7 Å². The second kappa shape index (κ2) is 27.5. The number of nitrogens with two attached hydrogens (primary N) is 1. The van der Waals surface area contributed by atoms with Crippen molar-refractivity contribution in [3.63, 3.8) is 0 Å². The lowest BCUT2D eigenvalue weighted by Gasteiger charge is -2.21. The number of halogens is 2. The summed E-state index contributed by atoms with van der Waals surface area (Å²) in [4.78, 5) is 11.1. The minimum absolute atomic E-state index is 0.0102. The molecule has 0 fully saturated rings. The van der Waals surface area contributed by atoms with Crippen LogP contribution in [-0.2, 0) is 9.53 Å². The number of nitrogens with one attached hydrogen (secondary N) is 2. The van der Waals surface area contributed by atoms with Crippen LogP contribution in [0.5, 0.6) is 0 Å². The summed E-state index contributed by atoms with van der Waals surface area (Å²) in [5, 5.41) is 4.40. The predicted molar refractivity (Wildman–Crippen MR) is 198 cm³/mol. The molecule has 0 spiro atoms. The van der Waals surface area contributed by atoms with Crippen molar-refractivity contribution in [3.8, 4) is 0 Å². The second-order valence-corrected chi connectivity index (χ2v) is 12.6. The third-order valence-corrected chi connectivity index (χ3v) is 6.88. The molecule has 0 saturated heterocycles. The van der Waals surface area contributed by atoms with Gasteiger partial charge in [0.05, 0.1) is 6.61 Å². The number of rotatable bonds is 14. The molecule has 0 aromatic heterocycles. The maximum atomic E-state index is 11.1. The Bertz CT molecular complexity index is 1030. The number of alkyl halides is 1. The fourth-order valence-electron chi connectivity index (χ4n) is 3.70. The van der Waals surface area contributed by atoms with E-state index in [0.717, 1.165) is 47.9 Å². The van der Waals surface area contributed by atoms with Gasteiger partial charge in [0.2, 0.25) is 0 Å². The fraction of sp³-hybridized carbons (Fsp3) is 0.528. The normalized spacial score (nSPS) is 14.3. The molecule has 1 aliphatic carbocycles. The first-order chi connectivity index (χ1) is 20.8. The Morgan fingerprint density at radius 2 is 1.80 bits per heavy atom. The van der Waals surface area contributed by atoms with Crippen LogP contribution in [0.4, 0.5) is 0 Å². The highest BCUT2D eigenvalue weighted by Crippen LogP contribution is 2.22. The fourth-order valence-corrected chi connectivity index (χ4v) is 4.52. The molecule has 250 valence electrons. The van der Waals surface area contributed by atoms with Gasteiger partial charge in [-0.2, -0.15) is 0 Å². The first-order valence-electron chi connectivity index (χ1n) is 15.3. The van der Waals surface area contributed by atoms with Crippen molar-refractivity contribution in [2.45, 2.75) is 98.7 Å². The van der Waals surface area contributed by atoms with Crippen LogP contribution in [0, 0.1) is 0 Å². The van der Waals surface area contributed by atoms with Crippen molar-refractivity contribution in [3.05, 3.63) is 94.8 Å². The summed E-state index contributed by atoms with van der Waals surface area (Å²) in [5.74, 6) is 2.03. The van der Waals surface area contributed by atoms with Crippen LogP contribution in [0.2, 0.25) is 0 Å². The van der Waals surface area contributed by atoms with Gasteiger partial charge in [-0.1, -0.05) is 90.7 Å². The molecule has 1 aliphatic rings. The molecule has 5 nitrogen and oxygen atoms in total. The van der Waals surface area contributed by atoms with E-state index in [0.29, 0.717) is 13.0 Å². The molecule has 1 aromatic rings. The maximum absolute atomic E-state index is 11.1. The van der Waals surface area contributed by atoms with Crippen LogP contribution in [0.15, 0.2) is 89.2 Å². The topological polar surface area (TPSA) is 76.4 Å². The van der Waals surface area contributed by atoms with Crippen molar-refractivity contribution in [1.82, 2.24) is 10.0 Å². The van der Waals surface area contributed by atoms with Crippen LogP contribution in [0.3, 0.4) is 0 Å². The summed E-state index contributed by atoms with van der Waals surface area (Å²) in [6, 6.07) is 10.4. The molecule has 0 saturated carbocycles. The Hall–Kier alpha value is -1.80. The van der Waals surface area contributed by atoms with Gasteiger partial charge in [-0.05, 0) is 79.4 Å². The largest absolute Gasteiger partial charge is 0.494 e. The third-order valence-electron chi connectivity index (χ3n) is 5.87. The highest BCUT2D eigenvalue weighted by atomic mass is 35.5. The van der Waals surface area contributed by atoms with Crippen LogP contribution in [0.1, 0.15) is 92.7 Å². The first kappa shape index (κ1) is 44.3. The third kappa shape index (κ3) is 24.5. The highest BCUT2D eigenvalue weighted by Gasteiger charge is 2.15. The van der Waals surface area contributed by atoms with Gasteiger partial charge in [-0.3, -0.25) is 4.72 Å². The summed E-state index contributed by atoms with van der Waals surface area (Å²) in [6.45, 7) is 21.3. The zero-order chi connectivity index (χ0) is 34.0. The zero-order valence-corrected chi connectivity index (χ0v) is 31.0. The Labute approximate surface area is 284 Å². The van der Waals surface area contributed by atoms with Gasteiger partial charge < -0.3 is 20.6 Å². The minimum atomic E-state index is -0.0102. The van der Waals surface area contributed by atoms with E-state index in [1.165, 1.54) is 17.5 Å². The van der Waals surface area contributed by atoms with E-state index in [-0.39, 0.29) is 23.4 Å². The monoisotopic (exact) mass is 667 g/mol. The molecule has 0 unspecified atom stereocenters. The van der Waals surface area contributed by atoms with E-state index in [2.05, 4.69) is 86.3 Å². The van der Waals surface area contributed by atoms with E-state index in [4.69, 9.17) is 22.1 Å². The summed E-state index contributed by atoms with van der Waals surface area (Å²) in [6.07, 6.45) is 15.1. The molecule has 0 aliphatic heterocycles. The Morgan fingerprint density at radius 1 is 1.16 bits per heavy atom. The molecule has 0 heterocycles. The molecular weight excluding hydrogens is 609 g/mol. The lowest BCUT2D eigenvalue weighted by molar-refractivity contribution is -0.117. The van der Waals surface area contributed by atoms with Crippen LogP contribution in [0.25, 0.3) is 0 Å². The van der Waals surface area contributed by atoms with Gasteiger partial charge in [0.25, 0.3) is 0 Å². The quantitative estimate of drug-likeness (QED) is 0.0793. The Kier molecular flexibility index (Phi) is 27.7. The number of carbonyl (C=O) groups excluding carboxylic acids is 1. The number of allylic oxidation sites excluding steroid dienone is 5. The van der Waals surface area contributed by atoms with Gasteiger partial charge >= 0.3 is 0 Å². The van der Waals surface area contributed by atoms with E-state index < -0.39 is 0 Å². The van der Waals surface area contributed by atoms with Gasteiger partial charge in [0.15, 0.2) is 0 Å². The van der Waals surface area contributed by atoms with E-state index >= 15 is 0 Å². The van der Waals surface area contributed by atoms with Crippen molar-refractivity contribution >= 4 is 40.9 Å². The van der Waals surface area contributed by atoms with Gasteiger partial charge in [-0.25, -0.2) is 0 Å². The molecule has 1 aromatic carbocycles. The summed E-state index contributed by atoms with van der Waals surface area (Å²) in [7, 11) is 0. The smallest absolute Gasteiger partial charge is 0.129 e. The van der Waals surface area contributed by atoms with Crippen LogP contribution >= 0.6 is 35.1 Å². The molecule has 2 atom stereocenters. The number of hydrogen-bond acceptors (Lipinski definition) is 6. The van der Waals surface area contributed by atoms with Gasteiger partial charge in [0, 0.05) is 53.3 Å². The summed E-state index contributed by atoms with van der Waals surface area (Å²) >= 11 is 11.7. The number of ketones is 1. The molecule has 4 N–H and O–H groups in total. The van der Waals surface area contributed by atoms with Crippen molar-refractivity contribution < 1.29 is 9.53 Å². The first-order valence-corrected chi connectivity index (χ1v) is 17.4. The number of Topliss-reactive ketones (excluding diaryl/α,β-unsaturated/α-hetero) is 1. The van der Waals surface area contributed by atoms with Gasteiger partial charge in [-0.15, -0.1) is 18.2 Å². The average molecular weight is 669 g/mol. The summed E-state index contributed by atoms with van der Waals surface area (Å²) in [5.41, 5.74) is 9.80. The van der Waals surface area contributed by atoms with Crippen molar-refractivity contribution in [2.75, 3.05) is 25.3 Å². The standard InChI is InChI=1S/C16H28N2O.C14H19NOS.C5H9Cl.CH3Cl/c1-6-19-15-10-8-13(11-18-16(3,4)5)7-9-14(15)12(2)17;1-3-11-17-15-14(10-9-12(2)16)13-7-5-4-6-8-13;1-3-4-5(2)6;1-2/h7,9-10,12,18H,6,8,11,17H2,1-5H3;3-8,14-15H,1,9-11H2,2H3;4H,3H2,1-2H3;1H3/b;;5-4+;/t12-;14-;;/m11../s1. The van der Waals surface area contributed by atoms with E-state index in [1.54, 1.807) is 18.9 Å². The Morgan fingerprint density at radius 3 is 2.25 bits per heavy atom. The maximum Gasteiger partial charge on any atom is 0.129 e. The molecule has 2 rings (SSSR count). The number of hydrogen-bond donors (Lipinski definition) is 3. The Balaban J connectivity index is 0.